The minimum atomic E-state index is -0.798. The molecule has 3 heterocycles. The minimum absolute atomic E-state index is 0.0192. The molecule has 9 bridgehead atoms. The Kier molecular flexibility index (Phi) is 2.65. The lowest BCUT2D eigenvalue weighted by Gasteiger charge is -2.67. The van der Waals surface area contributed by atoms with Crippen LogP contribution < -0.4 is 0 Å². The van der Waals surface area contributed by atoms with E-state index in [-0.39, 0.29) is 46.1 Å². The van der Waals surface area contributed by atoms with Crippen LogP contribution >= 0.6 is 0 Å². The molecule has 0 amide bonds. The zero-order valence-corrected chi connectivity index (χ0v) is 16.9. The normalized spacial score (nSPS) is 66.6. The summed E-state index contributed by atoms with van der Waals surface area (Å²) in [4.78, 5) is 14.8. The maximum absolute atomic E-state index is 12.4. The first kappa shape index (κ1) is 16.8. The van der Waals surface area contributed by atoms with Crippen LogP contribution in [0.3, 0.4) is 0 Å². The number of carbonyl (C=O) groups excluding carboxylic acids is 1. The third-order valence-corrected chi connectivity index (χ3v) is 10.9. The summed E-state index contributed by atoms with van der Waals surface area (Å²) < 4.78 is 6.08. The average Bonchev–Trinajstić information content (AvgIpc) is 3.00. The van der Waals surface area contributed by atoms with Gasteiger partial charge in [0.15, 0.2) is 0 Å². The monoisotopic (exact) mass is 385 g/mol. The van der Waals surface area contributed by atoms with Crippen molar-refractivity contribution in [1.29, 1.82) is 0 Å². The second-order valence-electron chi connectivity index (χ2n) is 11.5. The van der Waals surface area contributed by atoms with E-state index in [9.17, 15) is 15.0 Å². The van der Waals surface area contributed by atoms with E-state index in [0.717, 1.165) is 25.0 Å². The summed E-state index contributed by atoms with van der Waals surface area (Å²) >= 11 is 0. The molecule has 0 radical (unpaired) electrons. The number of aliphatic hydroxyl groups is 2. The fourth-order valence-electron chi connectivity index (χ4n) is 11.0. The summed E-state index contributed by atoms with van der Waals surface area (Å²) in [5, 5.41) is 23.7. The van der Waals surface area contributed by atoms with Crippen LogP contribution in [0.15, 0.2) is 12.2 Å². The average molecular weight is 386 g/mol. The molecule has 6 saturated carbocycles. The highest BCUT2D eigenvalue weighted by Crippen LogP contribution is 2.89. The van der Waals surface area contributed by atoms with E-state index in [2.05, 4.69) is 18.4 Å². The highest BCUT2D eigenvalue weighted by Gasteiger charge is 2.93. The van der Waals surface area contributed by atoms with Crippen LogP contribution in [0.4, 0.5) is 0 Å². The second-order valence-corrected chi connectivity index (χ2v) is 11.5. The molecule has 0 aromatic carbocycles. The lowest BCUT2D eigenvalue weighted by atomic mass is 9.39. The van der Waals surface area contributed by atoms with Gasteiger partial charge in [0.2, 0.25) is 0 Å². The lowest BCUT2D eigenvalue weighted by molar-refractivity contribution is -0.275. The van der Waals surface area contributed by atoms with E-state index < -0.39 is 11.8 Å². The third-order valence-electron chi connectivity index (χ3n) is 10.9. The fraction of sp³-hybridized carbons (Fsp3) is 0.870. The van der Waals surface area contributed by atoms with Crippen molar-refractivity contribution in [3.63, 3.8) is 0 Å². The first-order chi connectivity index (χ1) is 13.3. The highest BCUT2D eigenvalue weighted by atomic mass is 16.5. The molecule has 9 fully saturated rings. The van der Waals surface area contributed by atoms with Crippen molar-refractivity contribution < 1.29 is 19.7 Å². The summed E-state index contributed by atoms with van der Waals surface area (Å²) in [5.74, 6) is 0.630. The number of hydrogen-bond donors (Lipinski definition) is 2. The third kappa shape index (κ3) is 1.29. The van der Waals surface area contributed by atoms with Crippen molar-refractivity contribution in [2.75, 3.05) is 6.54 Å². The van der Waals surface area contributed by atoms with Gasteiger partial charge in [-0.05, 0) is 41.6 Å². The van der Waals surface area contributed by atoms with Crippen molar-refractivity contribution in [2.45, 2.75) is 76.3 Å². The molecule has 5 heteroatoms. The molecule has 6 aliphatic carbocycles. The topological polar surface area (TPSA) is 70.0 Å². The molecule has 3 saturated heterocycles. The Morgan fingerprint density at radius 3 is 2.89 bits per heavy atom. The molecule has 9 rings (SSSR count). The first-order valence-electron chi connectivity index (χ1n) is 11.3. The smallest absolute Gasteiger partial charge is 0.306 e. The van der Waals surface area contributed by atoms with Gasteiger partial charge in [0.05, 0.1) is 6.10 Å². The Bertz CT molecular complexity index is 842. The van der Waals surface area contributed by atoms with Crippen molar-refractivity contribution in [2.24, 2.45) is 39.9 Å². The lowest BCUT2D eigenvalue weighted by Crippen LogP contribution is -2.72. The highest BCUT2D eigenvalue weighted by molar-refractivity contribution is 5.70. The fourth-order valence-corrected chi connectivity index (χ4v) is 11.0. The molecule has 2 N–H and O–H groups in total. The Morgan fingerprint density at radius 2 is 2.14 bits per heavy atom. The van der Waals surface area contributed by atoms with E-state index in [1.807, 2.05) is 6.92 Å². The predicted octanol–water partition coefficient (Wildman–Crippen LogP) is 2.07. The van der Waals surface area contributed by atoms with Crippen LogP contribution in [-0.4, -0.2) is 51.6 Å². The van der Waals surface area contributed by atoms with E-state index in [0.29, 0.717) is 24.8 Å². The number of hydrogen-bond acceptors (Lipinski definition) is 5. The summed E-state index contributed by atoms with van der Waals surface area (Å²) in [5.41, 5.74) is -0.0911. The SMILES string of the molecule is C=C1[C@H]2C[C@@H]3C4N5C[C@]6(C)CCC[C@@]47[C@@H]6[C@@]5(O)C[C@]3([C@@H]1OC(=O)CC)[C@H]7[C@H]2O. The van der Waals surface area contributed by atoms with Gasteiger partial charge >= 0.3 is 5.97 Å². The number of rotatable bonds is 2. The van der Waals surface area contributed by atoms with Crippen molar-refractivity contribution in [1.82, 2.24) is 4.90 Å². The van der Waals surface area contributed by atoms with Crippen LogP contribution in [0.5, 0.6) is 0 Å². The van der Waals surface area contributed by atoms with Crippen LogP contribution in [0, 0.1) is 39.9 Å². The summed E-state index contributed by atoms with van der Waals surface area (Å²) in [6.45, 7) is 9.52. The summed E-state index contributed by atoms with van der Waals surface area (Å²) in [7, 11) is 0. The molecular formula is C23H31NO4. The van der Waals surface area contributed by atoms with Gasteiger partial charge in [0.25, 0.3) is 0 Å². The molecule has 5 nitrogen and oxygen atoms in total. The van der Waals surface area contributed by atoms with Crippen LogP contribution in [0.25, 0.3) is 0 Å². The molecule has 0 aromatic rings. The van der Waals surface area contributed by atoms with Crippen LogP contribution in [0.2, 0.25) is 0 Å². The van der Waals surface area contributed by atoms with Crippen LogP contribution in [0.1, 0.15) is 52.4 Å². The number of nitrogens with zero attached hydrogens (tertiary/aromatic N) is 1. The molecule has 28 heavy (non-hydrogen) atoms. The van der Waals surface area contributed by atoms with Gasteiger partial charge in [-0.15, -0.1) is 0 Å². The van der Waals surface area contributed by atoms with Gasteiger partial charge in [-0.3, -0.25) is 9.69 Å². The summed E-state index contributed by atoms with van der Waals surface area (Å²) in [6.07, 6.45) is 4.66. The minimum Gasteiger partial charge on any atom is -0.457 e. The molecule has 12 atom stereocenters. The Morgan fingerprint density at radius 1 is 1.36 bits per heavy atom. The predicted molar refractivity (Wildman–Crippen MR) is 101 cm³/mol. The number of esters is 1. The number of aliphatic hydroxyl groups excluding tert-OH is 1. The Balaban J connectivity index is 1.48. The van der Waals surface area contributed by atoms with Crippen molar-refractivity contribution >= 4 is 5.97 Å². The summed E-state index contributed by atoms with van der Waals surface area (Å²) in [6, 6.07) is 0.338. The van der Waals surface area contributed by atoms with Gasteiger partial charge in [0, 0.05) is 48.6 Å². The largest absolute Gasteiger partial charge is 0.457 e. The second kappa shape index (κ2) is 4.40. The van der Waals surface area contributed by atoms with Crippen LogP contribution in [-0.2, 0) is 9.53 Å². The van der Waals surface area contributed by atoms with E-state index >= 15 is 0 Å². The number of piperidine rings is 2. The molecule has 2 spiro atoms. The zero-order chi connectivity index (χ0) is 19.4. The van der Waals surface area contributed by atoms with Gasteiger partial charge < -0.3 is 14.9 Å². The van der Waals surface area contributed by atoms with Crippen molar-refractivity contribution in [3.05, 3.63) is 12.2 Å². The van der Waals surface area contributed by atoms with Crippen molar-refractivity contribution in [3.8, 4) is 0 Å². The maximum atomic E-state index is 12.4. The van der Waals surface area contributed by atoms with Gasteiger partial charge in [-0.2, -0.15) is 0 Å². The standard InChI is InChI=1S/C23H31NO4/c1-4-14(25)28-18-11(2)12-8-13-17-21-7-5-6-20(3)10-24(17)23(27,19(20)21)9-22(13,18)16(21)15(12)26/h12-13,15-19,26-27H,2,4-10H2,1,3H3/t12-,13-,15+,16+,17?,18-,19-,20+,21+,22-,23+/m1/s1. The number of fused-ring (bicyclic) bond motifs is 1. The van der Waals surface area contributed by atoms with Gasteiger partial charge in [-0.25, -0.2) is 0 Å². The molecule has 3 aliphatic heterocycles. The molecule has 152 valence electrons. The number of carbonyl (C=O) groups is 1. The first-order valence-corrected chi connectivity index (χ1v) is 11.3. The van der Waals surface area contributed by atoms with E-state index in [1.165, 1.54) is 12.8 Å². The molecule has 0 aromatic heterocycles. The van der Waals surface area contributed by atoms with E-state index in [4.69, 9.17) is 4.74 Å². The van der Waals surface area contributed by atoms with Gasteiger partial charge in [0.1, 0.15) is 11.8 Å². The van der Waals surface area contributed by atoms with Gasteiger partial charge in [-0.1, -0.05) is 26.8 Å². The molecule has 2 unspecified atom stereocenters. The molecular weight excluding hydrogens is 354 g/mol. The van der Waals surface area contributed by atoms with E-state index in [1.54, 1.807) is 0 Å². The number of ether oxygens (including phenoxy) is 1. The Hall–Kier alpha value is -0.910. The Labute approximate surface area is 166 Å². The quantitative estimate of drug-likeness (QED) is 0.563. The molecule has 9 aliphatic rings. The zero-order valence-electron chi connectivity index (χ0n) is 16.9. The maximum Gasteiger partial charge on any atom is 0.306 e.